The molecule has 0 atom stereocenters. The molecule has 1 aromatic carbocycles. The van der Waals surface area contributed by atoms with Gasteiger partial charge in [0.2, 0.25) is 5.75 Å². The molecule has 1 aromatic heterocycles. The third-order valence-electron chi connectivity index (χ3n) is 2.75. The van der Waals surface area contributed by atoms with E-state index in [0.717, 1.165) is 15.5 Å². The summed E-state index contributed by atoms with van der Waals surface area (Å²) in [6, 6.07) is 7.60. The Kier molecular flexibility index (Phi) is 3.98. The second-order valence-corrected chi connectivity index (χ2v) is 5.33. The van der Waals surface area contributed by atoms with Crippen LogP contribution in [0.1, 0.15) is 0 Å². The van der Waals surface area contributed by atoms with Gasteiger partial charge in [0.25, 0.3) is 0 Å². The number of hydrogen-bond acceptors (Lipinski definition) is 4. The Morgan fingerprint density at radius 2 is 1.95 bits per heavy atom. The van der Waals surface area contributed by atoms with Crippen molar-refractivity contribution in [2.75, 3.05) is 18.5 Å². The molecule has 19 heavy (non-hydrogen) atoms. The molecule has 2 rings (SSSR count). The van der Waals surface area contributed by atoms with Gasteiger partial charge in [-0.25, -0.2) is 0 Å². The van der Waals surface area contributed by atoms with Gasteiger partial charge in [0, 0.05) is 16.3 Å². The Morgan fingerprint density at radius 1 is 1.32 bits per heavy atom. The van der Waals surface area contributed by atoms with Crippen LogP contribution in [0, 0.1) is 3.57 Å². The molecule has 2 N–H and O–H groups in total. The smallest absolute Gasteiger partial charge is 0.201 e. The fourth-order valence-electron chi connectivity index (χ4n) is 1.83. The largest absolute Gasteiger partial charge is 0.503 e. The number of benzene rings is 1. The molecule has 5 nitrogen and oxygen atoms in total. The number of nitrogens with zero attached hydrogens (tertiary/aromatic N) is 2. The first kappa shape index (κ1) is 13.7. The number of likely N-dealkylation sites (N-methyl/N-ethyl adjacent to an activating group) is 1. The minimum absolute atomic E-state index is 0.126. The Bertz CT molecular complexity index is 593. The maximum absolute atomic E-state index is 10.6. The van der Waals surface area contributed by atoms with Gasteiger partial charge in [-0.3, -0.25) is 4.57 Å². The Balaban J connectivity index is 2.53. The molecule has 0 amide bonds. The zero-order chi connectivity index (χ0) is 14.0. The van der Waals surface area contributed by atoms with Gasteiger partial charge in [-0.15, -0.1) is 0 Å². The lowest BCUT2D eigenvalue weighted by Crippen LogP contribution is -2.22. The summed E-state index contributed by atoms with van der Waals surface area (Å²) in [4.78, 5) is 12.2. The monoisotopic (exact) mass is 372 g/mol. The molecule has 0 spiro atoms. The predicted molar refractivity (Wildman–Crippen MR) is 81.1 cm³/mol. The number of aromatic hydroxyl groups is 2. The van der Waals surface area contributed by atoms with E-state index >= 15 is 0 Å². The van der Waals surface area contributed by atoms with Gasteiger partial charge in [-0.2, -0.15) is 0 Å². The van der Waals surface area contributed by atoms with E-state index in [-0.39, 0.29) is 18.0 Å². The number of anilines is 1. The van der Waals surface area contributed by atoms with Crippen LogP contribution in [0.5, 0.6) is 11.5 Å². The first-order valence-corrected chi connectivity index (χ1v) is 6.66. The average molecular weight is 372 g/mol. The minimum atomic E-state index is -0.233. The van der Waals surface area contributed by atoms with Crippen LogP contribution < -0.4 is 4.90 Å². The first-order valence-electron chi connectivity index (χ1n) is 5.58. The molecule has 1 heterocycles. The standard InChI is InChI=1S/C13H13IN2O3/c1-15(6-7-17)13-12(19)11(18)8-16(13)10-4-2-9(14)3-5-10/h2-5,7-8,18-19H,6H2,1H3. The Hall–Kier alpha value is -1.70. The predicted octanol–water partition coefficient (Wildman–Crippen LogP) is 2.13. The normalized spacial score (nSPS) is 10.4. The van der Waals surface area contributed by atoms with Crippen molar-refractivity contribution in [3.8, 4) is 17.2 Å². The third kappa shape index (κ3) is 2.67. The Labute approximate surface area is 124 Å². The summed E-state index contributed by atoms with van der Waals surface area (Å²) in [6.45, 7) is 0.126. The number of halogens is 1. The van der Waals surface area contributed by atoms with Crippen LogP contribution in [0.4, 0.5) is 5.82 Å². The van der Waals surface area contributed by atoms with Crippen molar-refractivity contribution in [1.29, 1.82) is 0 Å². The van der Waals surface area contributed by atoms with E-state index in [9.17, 15) is 15.0 Å². The summed E-state index contributed by atoms with van der Waals surface area (Å²) in [5.41, 5.74) is 0.795. The van der Waals surface area contributed by atoms with Crippen LogP contribution in [0.3, 0.4) is 0 Å². The van der Waals surface area contributed by atoms with Crippen molar-refractivity contribution in [3.05, 3.63) is 34.0 Å². The lowest BCUT2D eigenvalue weighted by molar-refractivity contribution is -0.106. The summed E-state index contributed by atoms with van der Waals surface area (Å²) >= 11 is 2.20. The van der Waals surface area contributed by atoms with E-state index in [2.05, 4.69) is 22.6 Å². The van der Waals surface area contributed by atoms with Gasteiger partial charge in [0.15, 0.2) is 11.6 Å². The molecule has 0 bridgehead atoms. The number of carbonyl (C=O) groups is 1. The van der Waals surface area contributed by atoms with Crippen molar-refractivity contribution >= 4 is 34.7 Å². The molecule has 0 aliphatic carbocycles. The van der Waals surface area contributed by atoms with Gasteiger partial charge < -0.3 is 19.9 Å². The fraction of sp³-hybridized carbons (Fsp3) is 0.154. The van der Waals surface area contributed by atoms with E-state index in [1.165, 1.54) is 6.20 Å². The molecule has 0 radical (unpaired) electrons. The highest BCUT2D eigenvalue weighted by Crippen LogP contribution is 2.39. The van der Waals surface area contributed by atoms with Crippen LogP contribution in [0.2, 0.25) is 0 Å². The molecule has 0 aliphatic rings. The zero-order valence-corrected chi connectivity index (χ0v) is 12.4. The summed E-state index contributed by atoms with van der Waals surface area (Å²) < 4.78 is 2.73. The summed E-state index contributed by atoms with van der Waals surface area (Å²) in [5.74, 6) is -0.0694. The Morgan fingerprint density at radius 3 is 2.53 bits per heavy atom. The average Bonchev–Trinajstić information content (AvgIpc) is 2.67. The molecule has 6 heteroatoms. The molecule has 0 unspecified atom stereocenters. The minimum Gasteiger partial charge on any atom is -0.503 e. The van der Waals surface area contributed by atoms with E-state index in [4.69, 9.17) is 0 Å². The first-order chi connectivity index (χ1) is 9.04. The van der Waals surface area contributed by atoms with E-state index in [1.54, 1.807) is 16.5 Å². The molecular formula is C13H13IN2O3. The lowest BCUT2D eigenvalue weighted by atomic mass is 10.3. The lowest BCUT2D eigenvalue weighted by Gasteiger charge is -2.19. The zero-order valence-electron chi connectivity index (χ0n) is 10.2. The highest BCUT2D eigenvalue weighted by atomic mass is 127. The van der Waals surface area contributed by atoms with E-state index < -0.39 is 0 Å². The van der Waals surface area contributed by atoms with Gasteiger partial charge >= 0.3 is 0 Å². The highest BCUT2D eigenvalue weighted by molar-refractivity contribution is 14.1. The number of aldehydes is 1. The van der Waals surface area contributed by atoms with Crippen LogP contribution in [0.25, 0.3) is 5.69 Å². The summed E-state index contributed by atoms with van der Waals surface area (Å²) in [6.07, 6.45) is 2.16. The molecule has 0 fully saturated rings. The maximum atomic E-state index is 10.6. The van der Waals surface area contributed by atoms with Crippen LogP contribution in [0.15, 0.2) is 30.5 Å². The van der Waals surface area contributed by atoms with Gasteiger partial charge in [0.05, 0.1) is 12.7 Å². The third-order valence-corrected chi connectivity index (χ3v) is 3.47. The van der Waals surface area contributed by atoms with Crippen molar-refractivity contribution < 1.29 is 15.0 Å². The number of carbonyl (C=O) groups excluding carboxylic acids is 1. The van der Waals surface area contributed by atoms with Crippen LogP contribution in [-0.2, 0) is 4.79 Å². The van der Waals surface area contributed by atoms with Crippen LogP contribution >= 0.6 is 22.6 Å². The van der Waals surface area contributed by atoms with Crippen molar-refractivity contribution in [2.45, 2.75) is 0 Å². The van der Waals surface area contributed by atoms with Gasteiger partial charge in [-0.05, 0) is 46.9 Å². The summed E-state index contributed by atoms with van der Waals surface area (Å²) in [7, 11) is 1.67. The summed E-state index contributed by atoms with van der Waals surface area (Å²) in [5, 5.41) is 19.6. The topological polar surface area (TPSA) is 65.7 Å². The number of aromatic nitrogens is 1. The molecular weight excluding hydrogens is 359 g/mol. The molecule has 100 valence electrons. The highest BCUT2D eigenvalue weighted by Gasteiger charge is 2.19. The molecule has 2 aromatic rings. The fourth-order valence-corrected chi connectivity index (χ4v) is 2.19. The van der Waals surface area contributed by atoms with Gasteiger partial charge in [0.1, 0.15) is 6.29 Å². The second kappa shape index (κ2) is 5.52. The van der Waals surface area contributed by atoms with Crippen LogP contribution in [-0.4, -0.2) is 34.7 Å². The van der Waals surface area contributed by atoms with Gasteiger partial charge in [-0.1, -0.05) is 0 Å². The second-order valence-electron chi connectivity index (χ2n) is 4.08. The quantitative estimate of drug-likeness (QED) is 0.638. The van der Waals surface area contributed by atoms with E-state index in [0.29, 0.717) is 5.82 Å². The van der Waals surface area contributed by atoms with Crippen molar-refractivity contribution in [2.24, 2.45) is 0 Å². The number of rotatable bonds is 4. The van der Waals surface area contributed by atoms with Crippen molar-refractivity contribution in [3.63, 3.8) is 0 Å². The maximum Gasteiger partial charge on any atom is 0.201 e. The molecule has 0 aliphatic heterocycles. The molecule has 0 saturated heterocycles. The molecule has 0 saturated carbocycles. The number of hydrogen-bond donors (Lipinski definition) is 2. The van der Waals surface area contributed by atoms with Crippen molar-refractivity contribution in [1.82, 2.24) is 4.57 Å². The van der Waals surface area contributed by atoms with E-state index in [1.807, 2.05) is 24.3 Å². The SMILES string of the molecule is CN(CC=O)c1c(O)c(O)cn1-c1ccc(I)cc1.